The van der Waals surface area contributed by atoms with Crippen molar-refractivity contribution in [2.24, 2.45) is 5.92 Å². The molecule has 1 heterocycles. The summed E-state index contributed by atoms with van der Waals surface area (Å²) in [6.45, 7) is 1.97. The predicted molar refractivity (Wildman–Crippen MR) is 74.9 cm³/mol. The predicted octanol–water partition coefficient (Wildman–Crippen LogP) is 3.73. The zero-order chi connectivity index (χ0) is 12.3. The Balaban J connectivity index is 2.04. The summed E-state index contributed by atoms with van der Waals surface area (Å²) in [6.07, 6.45) is 2.13. The Labute approximate surface area is 111 Å². The summed E-state index contributed by atoms with van der Waals surface area (Å²) >= 11 is 7.79. The summed E-state index contributed by atoms with van der Waals surface area (Å²) in [5, 5.41) is 3.64. The highest BCUT2D eigenvalue weighted by Gasteiger charge is 2.21. The van der Waals surface area contributed by atoms with Crippen molar-refractivity contribution >= 4 is 35.0 Å². The molecule has 0 saturated carbocycles. The minimum Gasteiger partial charge on any atom is -0.326 e. The van der Waals surface area contributed by atoms with Crippen LogP contribution in [-0.2, 0) is 4.79 Å². The summed E-state index contributed by atoms with van der Waals surface area (Å²) in [4.78, 5) is 12.1. The number of rotatable bonds is 2. The van der Waals surface area contributed by atoms with Crippen molar-refractivity contribution in [1.29, 1.82) is 0 Å². The van der Waals surface area contributed by atoms with E-state index in [1.54, 1.807) is 0 Å². The van der Waals surface area contributed by atoms with E-state index >= 15 is 0 Å². The summed E-state index contributed by atoms with van der Waals surface area (Å²) in [7, 11) is 0. The number of amides is 1. The minimum absolute atomic E-state index is 0.127. The standard InChI is InChI=1S/C13H16ClNOS/c1-9-4-5-11(14)7-12(9)15-13(16)10-3-2-6-17-8-10/h4-5,7,10H,2-3,6,8H2,1H3,(H,15,16). The number of carbonyl (C=O) groups excluding carboxylic acids is 1. The molecule has 1 fully saturated rings. The summed E-state index contributed by atoms with van der Waals surface area (Å²) in [5.74, 6) is 2.39. The molecule has 1 aromatic rings. The molecule has 2 rings (SSSR count). The number of anilines is 1. The highest BCUT2D eigenvalue weighted by atomic mass is 35.5. The van der Waals surface area contributed by atoms with Gasteiger partial charge >= 0.3 is 0 Å². The van der Waals surface area contributed by atoms with Crippen LogP contribution in [0.3, 0.4) is 0 Å². The molecule has 2 nitrogen and oxygen atoms in total. The van der Waals surface area contributed by atoms with Gasteiger partial charge in [-0.15, -0.1) is 0 Å². The molecule has 0 bridgehead atoms. The Kier molecular flexibility index (Phi) is 4.35. The number of nitrogens with one attached hydrogen (secondary N) is 1. The molecule has 1 unspecified atom stereocenters. The maximum Gasteiger partial charge on any atom is 0.228 e. The summed E-state index contributed by atoms with van der Waals surface area (Å²) in [5.41, 5.74) is 1.88. The quantitative estimate of drug-likeness (QED) is 0.886. The second-order valence-electron chi connectivity index (χ2n) is 4.36. The molecule has 0 aromatic heterocycles. The van der Waals surface area contributed by atoms with E-state index < -0.39 is 0 Å². The first-order valence-electron chi connectivity index (χ1n) is 5.81. The molecule has 1 aliphatic heterocycles. The fourth-order valence-electron chi connectivity index (χ4n) is 1.91. The lowest BCUT2D eigenvalue weighted by Gasteiger charge is -2.21. The van der Waals surface area contributed by atoms with Crippen LogP contribution in [0, 0.1) is 12.8 Å². The number of carbonyl (C=O) groups is 1. The number of halogens is 1. The monoisotopic (exact) mass is 269 g/mol. The van der Waals surface area contributed by atoms with Gasteiger partial charge in [0.25, 0.3) is 0 Å². The molecule has 92 valence electrons. The van der Waals surface area contributed by atoms with Crippen LogP contribution in [0.5, 0.6) is 0 Å². The first-order chi connectivity index (χ1) is 8.16. The van der Waals surface area contributed by atoms with Crippen molar-refractivity contribution in [3.05, 3.63) is 28.8 Å². The summed E-state index contributed by atoms with van der Waals surface area (Å²) in [6, 6.07) is 5.57. The van der Waals surface area contributed by atoms with Gasteiger partial charge in [0.2, 0.25) is 5.91 Å². The SMILES string of the molecule is Cc1ccc(Cl)cc1NC(=O)C1CCCSC1. The van der Waals surface area contributed by atoms with Crippen LogP contribution in [0.1, 0.15) is 18.4 Å². The first-order valence-corrected chi connectivity index (χ1v) is 7.35. The van der Waals surface area contributed by atoms with Crippen LogP contribution in [0.15, 0.2) is 18.2 Å². The van der Waals surface area contributed by atoms with E-state index in [2.05, 4.69) is 5.32 Å². The van der Waals surface area contributed by atoms with E-state index in [0.29, 0.717) is 5.02 Å². The molecule has 1 aromatic carbocycles. The molecule has 1 saturated heterocycles. The topological polar surface area (TPSA) is 29.1 Å². The van der Waals surface area contributed by atoms with Crippen molar-refractivity contribution in [3.8, 4) is 0 Å². The fraction of sp³-hybridized carbons (Fsp3) is 0.462. The van der Waals surface area contributed by atoms with E-state index in [0.717, 1.165) is 29.8 Å². The highest BCUT2D eigenvalue weighted by molar-refractivity contribution is 7.99. The Morgan fingerprint density at radius 2 is 2.35 bits per heavy atom. The molecule has 0 radical (unpaired) electrons. The second-order valence-corrected chi connectivity index (χ2v) is 5.95. The van der Waals surface area contributed by atoms with Crippen LogP contribution in [0.4, 0.5) is 5.69 Å². The highest BCUT2D eigenvalue weighted by Crippen LogP contribution is 2.25. The maximum absolute atomic E-state index is 12.1. The van der Waals surface area contributed by atoms with Crippen molar-refractivity contribution < 1.29 is 4.79 Å². The molecule has 1 amide bonds. The maximum atomic E-state index is 12.1. The van der Waals surface area contributed by atoms with Crippen LogP contribution >= 0.6 is 23.4 Å². The van der Waals surface area contributed by atoms with Gasteiger partial charge in [-0.25, -0.2) is 0 Å². The van der Waals surface area contributed by atoms with Gasteiger partial charge in [-0.2, -0.15) is 11.8 Å². The second kappa shape index (κ2) is 5.78. The lowest BCUT2D eigenvalue weighted by atomic mass is 10.0. The van der Waals surface area contributed by atoms with Crippen molar-refractivity contribution in [1.82, 2.24) is 0 Å². The van der Waals surface area contributed by atoms with E-state index in [9.17, 15) is 4.79 Å². The van der Waals surface area contributed by atoms with Crippen molar-refractivity contribution in [2.45, 2.75) is 19.8 Å². The molecule has 1 aliphatic rings. The van der Waals surface area contributed by atoms with Gasteiger partial charge in [0.15, 0.2) is 0 Å². The molecule has 1 atom stereocenters. The third kappa shape index (κ3) is 3.39. The third-order valence-electron chi connectivity index (χ3n) is 2.99. The Bertz CT molecular complexity index is 416. The number of aryl methyl sites for hydroxylation is 1. The van der Waals surface area contributed by atoms with Crippen LogP contribution in [-0.4, -0.2) is 17.4 Å². The molecule has 0 spiro atoms. The van der Waals surface area contributed by atoms with Gasteiger partial charge in [-0.1, -0.05) is 17.7 Å². The van der Waals surface area contributed by atoms with E-state index in [-0.39, 0.29) is 11.8 Å². The first kappa shape index (κ1) is 12.8. The average molecular weight is 270 g/mol. The summed E-state index contributed by atoms with van der Waals surface area (Å²) < 4.78 is 0. The molecular formula is C13H16ClNOS. The molecule has 4 heteroatoms. The molecule has 0 aliphatic carbocycles. The van der Waals surface area contributed by atoms with Crippen molar-refractivity contribution in [3.63, 3.8) is 0 Å². The van der Waals surface area contributed by atoms with Crippen LogP contribution in [0.2, 0.25) is 5.02 Å². The lowest BCUT2D eigenvalue weighted by Crippen LogP contribution is -2.27. The normalized spacial score (nSPS) is 20.0. The van der Waals surface area contributed by atoms with Gasteiger partial charge in [0.05, 0.1) is 0 Å². The third-order valence-corrected chi connectivity index (χ3v) is 4.44. The Morgan fingerprint density at radius 3 is 3.06 bits per heavy atom. The number of hydrogen-bond donors (Lipinski definition) is 1. The molecule has 1 N–H and O–H groups in total. The van der Waals surface area contributed by atoms with Gasteiger partial charge in [0, 0.05) is 22.4 Å². The zero-order valence-electron chi connectivity index (χ0n) is 9.83. The number of thioether (sulfide) groups is 1. The fourth-order valence-corrected chi connectivity index (χ4v) is 3.22. The lowest BCUT2D eigenvalue weighted by molar-refractivity contribution is -0.119. The number of hydrogen-bond acceptors (Lipinski definition) is 2. The molecular weight excluding hydrogens is 254 g/mol. The van der Waals surface area contributed by atoms with Gasteiger partial charge in [-0.05, 0) is 43.2 Å². The smallest absolute Gasteiger partial charge is 0.228 e. The zero-order valence-corrected chi connectivity index (χ0v) is 11.4. The van der Waals surface area contributed by atoms with Gasteiger partial charge in [-0.3, -0.25) is 4.79 Å². The molecule has 17 heavy (non-hydrogen) atoms. The minimum atomic E-state index is 0.127. The van der Waals surface area contributed by atoms with E-state index in [4.69, 9.17) is 11.6 Å². The van der Waals surface area contributed by atoms with Gasteiger partial charge in [0.1, 0.15) is 0 Å². The van der Waals surface area contributed by atoms with Crippen LogP contribution < -0.4 is 5.32 Å². The van der Waals surface area contributed by atoms with E-state index in [1.165, 1.54) is 5.75 Å². The van der Waals surface area contributed by atoms with Crippen molar-refractivity contribution in [2.75, 3.05) is 16.8 Å². The average Bonchev–Trinajstić information content (AvgIpc) is 2.35. The largest absolute Gasteiger partial charge is 0.326 e. The van der Waals surface area contributed by atoms with Crippen LogP contribution in [0.25, 0.3) is 0 Å². The van der Waals surface area contributed by atoms with Gasteiger partial charge < -0.3 is 5.32 Å². The van der Waals surface area contributed by atoms with E-state index in [1.807, 2.05) is 36.9 Å². The number of benzene rings is 1. The Morgan fingerprint density at radius 1 is 1.53 bits per heavy atom. The Hall–Kier alpha value is -0.670.